The molecule has 0 radical (unpaired) electrons. The van der Waals surface area contributed by atoms with E-state index in [4.69, 9.17) is 0 Å². The summed E-state index contributed by atoms with van der Waals surface area (Å²) in [7, 11) is 0. The number of anilines is 2. The molecule has 0 aliphatic carbocycles. The van der Waals surface area contributed by atoms with Crippen molar-refractivity contribution in [2.24, 2.45) is 0 Å². The van der Waals surface area contributed by atoms with Crippen LogP contribution in [0, 0.1) is 11.3 Å². The standard InChI is InChI=1S/C24H22N6OS/c25-17-19(18-29-13-15-30(16-14-29)24-26-11-6-12-27-24)23(31)28-21-9-4-5-10-22(21)32-20-7-2-1-3-8-20/h1-12,18H,13-16H2,(H,28,31)/b19-18-. The first kappa shape index (κ1) is 21.4. The van der Waals surface area contributed by atoms with Crippen molar-refractivity contribution in [2.45, 2.75) is 9.79 Å². The van der Waals surface area contributed by atoms with Crippen molar-refractivity contribution in [1.29, 1.82) is 5.26 Å². The lowest BCUT2D eigenvalue weighted by Gasteiger charge is -2.34. The third-order valence-corrected chi connectivity index (χ3v) is 6.02. The molecule has 4 rings (SSSR count). The fraction of sp³-hybridized carbons (Fsp3) is 0.167. The molecule has 3 aromatic rings. The second-order valence-corrected chi connectivity index (χ2v) is 8.21. The number of nitriles is 1. The van der Waals surface area contributed by atoms with Crippen LogP contribution in [0.5, 0.6) is 0 Å². The van der Waals surface area contributed by atoms with Crippen LogP contribution in [0.15, 0.2) is 94.6 Å². The molecule has 0 atom stereocenters. The maximum absolute atomic E-state index is 12.8. The van der Waals surface area contributed by atoms with E-state index < -0.39 is 5.91 Å². The summed E-state index contributed by atoms with van der Waals surface area (Å²) < 4.78 is 0. The van der Waals surface area contributed by atoms with E-state index in [-0.39, 0.29) is 5.57 Å². The van der Waals surface area contributed by atoms with Gasteiger partial charge in [-0.05, 0) is 30.3 Å². The van der Waals surface area contributed by atoms with Crippen LogP contribution in [0.2, 0.25) is 0 Å². The molecule has 8 heteroatoms. The summed E-state index contributed by atoms with van der Waals surface area (Å²) in [6.07, 6.45) is 5.09. The molecule has 1 amide bonds. The summed E-state index contributed by atoms with van der Waals surface area (Å²) in [5.74, 6) is 0.282. The second kappa shape index (κ2) is 10.5. The minimum absolute atomic E-state index is 0.0777. The molecule has 1 N–H and O–H groups in total. The molecular weight excluding hydrogens is 420 g/mol. The van der Waals surface area contributed by atoms with Crippen LogP contribution in [-0.2, 0) is 4.79 Å². The molecule has 0 saturated carbocycles. The highest BCUT2D eigenvalue weighted by Crippen LogP contribution is 2.33. The minimum Gasteiger partial charge on any atom is -0.373 e. The van der Waals surface area contributed by atoms with E-state index in [0.717, 1.165) is 22.9 Å². The van der Waals surface area contributed by atoms with Gasteiger partial charge in [0.1, 0.15) is 11.6 Å². The maximum atomic E-state index is 12.8. The number of para-hydroxylation sites is 1. The van der Waals surface area contributed by atoms with Gasteiger partial charge in [-0.2, -0.15) is 5.26 Å². The highest BCUT2D eigenvalue weighted by molar-refractivity contribution is 7.99. The smallest absolute Gasteiger partial charge is 0.267 e. The summed E-state index contributed by atoms with van der Waals surface area (Å²) in [4.78, 5) is 27.5. The van der Waals surface area contributed by atoms with Crippen molar-refractivity contribution in [2.75, 3.05) is 36.4 Å². The Morgan fingerprint density at radius 3 is 2.38 bits per heavy atom. The van der Waals surface area contributed by atoms with Gasteiger partial charge < -0.3 is 15.1 Å². The molecule has 0 spiro atoms. The van der Waals surface area contributed by atoms with E-state index in [0.29, 0.717) is 24.7 Å². The molecule has 7 nitrogen and oxygen atoms in total. The molecule has 1 aliphatic rings. The SMILES string of the molecule is N#C/C(=C/N1CCN(c2ncccn2)CC1)C(=O)Nc1ccccc1Sc1ccccc1. The first-order chi connectivity index (χ1) is 15.7. The number of nitrogens with zero attached hydrogens (tertiary/aromatic N) is 5. The molecule has 0 bridgehead atoms. The molecule has 2 aromatic carbocycles. The quantitative estimate of drug-likeness (QED) is 0.459. The van der Waals surface area contributed by atoms with E-state index >= 15 is 0 Å². The van der Waals surface area contributed by atoms with E-state index in [1.54, 1.807) is 36.4 Å². The van der Waals surface area contributed by atoms with Crippen LogP contribution >= 0.6 is 11.8 Å². The number of piperazine rings is 1. The summed E-state index contributed by atoms with van der Waals surface area (Å²) in [5, 5.41) is 12.5. The first-order valence-corrected chi connectivity index (χ1v) is 11.1. The van der Waals surface area contributed by atoms with Crippen LogP contribution in [-0.4, -0.2) is 47.0 Å². The van der Waals surface area contributed by atoms with Crippen molar-refractivity contribution < 1.29 is 4.79 Å². The number of carbonyl (C=O) groups is 1. The van der Waals surface area contributed by atoms with E-state index in [1.165, 1.54) is 0 Å². The fourth-order valence-corrected chi connectivity index (χ4v) is 4.21. The molecule has 32 heavy (non-hydrogen) atoms. The van der Waals surface area contributed by atoms with Gasteiger partial charge in [0.25, 0.3) is 5.91 Å². The number of rotatable bonds is 6. The number of hydrogen-bond donors (Lipinski definition) is 1. The van der Waals surface area contributed by atoms with Crippen LogP contribution in [0.1, 0.15) is 0 Å². The molecule has 160 valence electrons. The Morgan fingerprint density at radius 1 is 0.969 bits per heavy atom. The summed E-state index contributed by atoms with van der Waals surface area (Å²) >= 11 is 1.56. The number of amides is 1. The van der Waals surface area contributed by atoms with Crippen molar-refractivity contribution in [3.63, 3.8) is 0 Å². The topological polar surface area (TPSA) is 85.2 Å². The van der Waals surface area contributed by atoms with Crippen molar-refractivity contribution >= 4 is 29.3 Å². The lowest BCUT2D eigenvalue weighted by atomic mass is 10.2. The molecular formula is C24H22N6OS. The van der Waals surface area contributed by atoms with Gasteiger partial charge in [-0.15, -0.1) is 0 Å². The van der Waals surface area contributed by atoms with E-state index in [2.05, 4.69) is 20.2 Å². The third kappa shape index (κ3) is 5.45. The first-order valence-electron chi connectivity index (χ1n) is 10.2. The highest BCUT2D eigenvalue weighted by atomic mass is 32.2. The van der Waals surface area contributed by atoms with Crippen molar-refractivity contribution in [1.82, 2.24) is 14.9 Å². The van der Waals surface area contributed by atoms with Crippen molar-refractivity contribution in [3.05, 3.63) is 84.8 Å². The Morgan fingerprint density at radius 2 is 1.66 bits per heavy atom. The minimum atomic E-state index is -0.414. The van der Waals surface area contributed by atoms with E-state index in [9.17, 15) is 10.1 Å². The van der Waals surface area contributed by atoms with Gasteiger partial charge in [0, 0.05) is 54.6 Å². The maximum Gasteiger partial charge on any atom is 0.267 e. The zero-order chi connectivity index (χ0) is 22.2. The number of nitrogens with one attached hydrogen (secondary N) is 1. The summed E-state index contributed by atoms with van der Waals surface area (Å²) in [6.45, 7) is 2.79. The highest BCUT2D eigenvalue weighted by Gasteiger charge is 2.19. The van der Waals surface area contributed by atoms with Gasteiger partial charge in [0.05, 0.1) is 5.69 Å². The Bertz CT molecular complexity index is 1120. The summed E-state index contributed by atoms with van der Waals surface area (Å²) in [6, 6.07) is 21.4. The third-order valence-electron chi connectivity index (χ3n) is 4.93. The van der Waals surface area contributed by atoms with Gasteiger partial charge in [-0.1, -0.05) is 42.1 Å². The van der Waals surface area contributed by atoms with Crippen LogP contribution in [0.3, 0.4) is 0 Å². The van der Waals surface area contributed by atoms with Gasteiger partial charge >= 0.3 is 0 Å². The Balaban J connectivity index is 1.41. The molecule has 1 aliphatic heterocycles. The summed E-state index contributed by atoms with van der Waals surface area (Å²) in [5.41, 5.74) is 0.757. The second-order valence-electron chi connectivity index (χ2n) is 7.09. The largest absolute Gasteiger partial charge is 0.373 e. The number of benzene rings is 2. The number of hydrogen-bond acceptors (Lipinski definition) is 7. The normalized spacial score (nSPS) is 14.0. The number of carbonyl (C=O) groups excluding carboxylic acids is 1. The zero-order valence-electron chi connectivity index (χ0n) is 17.4. The molecule has 2 heterocycles. The van der Waals surface area contributed by atoms with Crippen LogP contribution in [0.4, 0.5) is 11.6 Å². The molecule has 1 fully saturated rings. The average molecular weight is 443 g/mol. The fourth-order valence-electron chi connectivity index (χ4n) is 3.29. The van der Waals surface area contributed by atoms with Crippen molar-refractivity contribution in [3.8, 4) is 6.07 Å². The Hall–Kier alpha value is -3.83. The lowest BCUT2D eigenvalue weighted by Crippen LogP contribution is -2.45. The predicted octanol–water partition coefficient (Wildman–Crippen LogP) is 3.80. The monoisotopic (exact) mass is 442 g/mol. The molecule has 1 saturated heterocycles. The van der Waals surface area contributed by atoms with Gasteiger partial charge in [-0.25, -0.2) is 9.97 Å². The Kier molecular flexibility index (Phi) is 7.00. The van der Waals surface area contributed by atoms with Gasteiger partial charge in [0.2, 0.25) is 5.95 Å². The average Bonchev–Trinajstić information content (AvgIpc) is 2.85. The van der Waals surface area contributed by atoms with Crippen LogP contribution < -0.4 is 10.2 Å². The van der Waals surface area contributed by atoms with Crippen LogP contribution in [0.25, 0.3) is 0 Å². The predicted molar refractivity (Wildman–Crippen MR) is 125 cm³/mol. The number of aromatic nitrogens is 2. The van der Waals surface area contributed by atoms with E-state index in [1.807, 2.05) is 65.6 Å². The molecule has 0 unspecified atom stereocenters. The van der Waals surface area contributed by atoms with Gasteiger partial charge in [0.15, 0.2) is 0 Å². The van der Waals surface area contributed by atoms with Gasteiger partial charge in [-0.3, -0.25) is 4.79 Å². The zero-order valence-corrected chi connectivity index (χ0v) is 18.2. The lowest BCUT2D eigenvalue weighted by molar-refractivity contribution is -0.112. The Labute approximate surface area is 191 Å². The molecule has 1 aromatic heterocycles.